The highest BCUT2D eigenvalue weighted by Crippen LogP contribution is 2.31. The average Bonchev–Trinajstić information content (AvgIpc) is 2.88. The minimum Gasteiger partial charge on any atom is -0.465 e. The molecule has 36 heavy (non-hydrogen) atoms. The first kappa shape index (κ1) is 25.8. The maximum Gasteiger partial charge on any atom is 0.338 e. The Morgan fingerprint density at radius 3 is 2.42 bits per heavy atom. The van der Waals surface area contributed by atoms with Gasteiger partial charge in [0.15, 0.2) is 0 Å². The Balaban J connectivity index is 1.34. The Bertz CT molecular complexity index is 1490. The molecule has 0 atom stereocenters. The van der Waals surface area contributed by atoms with E-state index in [-0.39, 0.29) is 17.0 Å². The van der Waals surface area contributed by atoms with Crippen LogP contribution >= 0.6 is 11.8 Å². The summed E-state index contributed by atoms with van der Waals surface area (Å²) in [5.41, 5.74) is 1.65. The van der Waals surface area contributed by atoms with E-state index in [2.05, 4.69) is 4.72 Å². The molecule has 0 bridgehead atoms. The van der Waals surface area contributed by atoms with Crippen molar-refractivity contribution in [2.45, 2.75) is 23.6 Å². The first-order valence-electron chi connectivity index (χ1n) is 11.4. The Hall–Kier alpha value is -3.33. The van der Waals surface area contributed by atoms with E-state index >= 15 is 0 Å². The molecule has 0 radical (unpaired) electrons. The van der Waals surface area contributed by atoms with Crippen LogP contribution < -0.4 is 9.46 Å². The molecule has 6 nitrogen and oxygen atoms in total. The molecular weight excluding hydrogens is 494 g/mol. The molecule has 0 spiro atoms. The number of methoxy groups -OCH3 is 1. The molecule has 8 heteroatoms. The number of thioether (sulfide) groups is 1. The maximum absolute atomic E-state index is 12.8. The van der Waals surface area contributed by atoms with Crippen molar-refractivity contribution in [3.05, 3.63) is 95.6 Å². The number of carbonyl (C=O) groups is 1. The second-order valence-corrected chi connectivity index (χ2v) is 11.1. The summed E-state index contributed by atoms with van der Waals surface area (Å²) in [5, 5.41) is 2.17. The van der Waals surface area contributed by atoms with Gasteiger partial charge in [-0.25, -0.2) is 17.9 Å². The fourth-order valence-corrected chi connectivity index (χ4v) is 5.79. The lowest BCUT2D eigenvalue weighted by atomic mass is 10.0. The topological polar surface area (TPSA) is 81.7 Å². The van der Waals surface area contributed by atoms with Crippen LogP contribution in [0.4, 0.5) is 0 Å². The van der Waals surface area contributed by atoms with Crippen molar-refractivity contribution in [3.8, 4) is 11.5 Å². The summed E-state index contributed by atoms with van der Waals surface area (Å²) in [6.45, 7) is 3.77. The van der Waals surface area contributed by atoms with Crippen LogP contribution in [0.1, 0.15) is 21.5 Å². The van der Waals surface area contributed by atoms with Gasteiger partial charge in [-0.05, 0) is 72.8 Å². The molecule has 0 aliphatic rings. The highest BCUT2D eigenvalue weighted by atomic mass is 32.2. The Labute approximate surface area is 215 Å². The number of fused-ring (bicyclic) bond motifs is 1. The van der Waals surface area contributed by atoms with E-state index in [0.717, 1.165) is 27.2 Å². The van der Waals surface area contributed by atoms with Gasteiger partial charge in [0, 0.05) is 22.6 Å². The molecule has 0 unspecified atom stereocenters. The zero-order valence-corrected chi connectivity index (χ0v) is 21.9. The number of ether oxygens (including phenoxy) is 2. The van der Waals surface area contributed by atoms with Gasteiger partial charge in [0.25, 0.3) is 0 Å². The van der Waals surface area contributed by atoms with Crippen LogP contribution in [-0.2, 0) is 14.8 Å². The highest BCUT2D eigenvalue weighted by molar-refractivity contribution is 7.99. The molecule has 0 saturated carbocycles. The molecule has 186 valence electrons. The molecule has 4 aromatic carbocycles. The molecule has 0 heterocycles. The van der Waals surface area contributed by atoms with Crippen molar-refractivity contribution in [3.63, 3.8) is 0 Å². The van der Waals surface area contributed by atoms with E-state index in [1.165, 1.54) is 24.9 Å². The van der Waals surface area contributed by atoms with Gasteiger partial charge in [-0.3, -0.25) is 0 Å². The van der Waals surface area contributed by atoms with Gasteiger partial charge in [0.05, 0.1) is 17.6 Å². The third-order valence-electron chi connectivity index (χ3n) is 5.82. The average molecular weight is 522 g/mol. The first-order valence-corrected chi connectivity index (χ1v) is 13.8. The van der Waals surface area contributed by atoms with E-state index in [9.17, 15) is 13.2 Å². The van der Waals surface area contributed by atoms with Crippen LogP contribution in [0, 0.1) is 13.8 Å². The molecular formula is C28H27NO5S2. The molecule has 0 saturated heterocycles. The van der Waals surface area contributed by atoms with Gasteiger partial charge in [0.2, 0.25) is 10.0 Å². The third-order valence-corrected chi connectivity index (χ3v) is 8.27. The van der Waals surface area contributed by atoms with Crippen LogP contribution in [-0.4, -0.2) is 33.8 Å². The maximum atomic E-state index is 12.8. The van der Waals surface area contributed by atoms with Gasteiger partial charge in [0.1, 0.15) is 11.5 Å². The number of hydrogen-bond acceptors (Lipinski definition) is 6. The van der Waals surface area contributed by atoms with Crippen molar-refractivity contribution in [1.29, 1.82) is 0 Å². The summed E-state index contributed by atoms with van der Waals surface area (Å²) in [6, 6.07) is 24.7. The SMILES string of the molecule is COC(=O)c1cc(S(=O)(=O)NCCSc2ccc(Oc3cccc4ccccc34)cc2)cc(C)c1C. The van der Waals surface area contributed by atoms with Crippen LogP contribution in [0.2, 0.25) is 0 Å². The lowest BCUT2D eigenvalue weighted by Crippen LogP contribution is -2.26. The van der Waals surface area contributed by atoms with Crippen molar-refractivity contribution in [1.82, 2.24) is 4.72 Å². The Morgan fingerprint density at radius 1 is 0.944 bits per heavy atom. The summed E-state index contributed by atoms with van der Waals surface area (Å²) in [7, 11) is -2.49. The Morgan fingerprint density at radius 2 is 1.67 bits per heavy atom. The second-order valence-electron chi connectivity index (χ2n) is 8.20. The Kier molecular flexibility index (Phi) is 7.98. The van der Waals surface area contributed by atoms with Crippen LogP contribution in [0.15, 0.2) is 88.7 Å². The summed E-state index contributed by atoms with van der Waals surface area (Å²) >= 11 is 1.53. The van der Waals surface area contributed by atoms with Gasteiger partial charge in [-0.2, -0.15) is 0 Å². The molecule has 1 N–H and O–H groups in total. The molecule has 4 aromatic rings. The van der Waals surface area contributed by atoms with E-state index in [1.54, 1.807) is 19.9 Å². The molecule has 0 aliphatic heterocycles. The molecule has 0 fully saturated rings. The predicted octanol–water partition coefficient (Wildman–Crippen LogP) is 6.11. The smallest absolute Gasteiger partial charge is 0.338 e. The fraction of sp³-hybridized carbons (Fsp3) is 0.179. The minimum absolute atomic E-state index is 0.0472. The fourth-order valence-electron chi connectivity index (χ4n) is 3.75. The standard InChI is InChI=1S/C28H27NO5S2/c1-19-17-24(18-26(20(19)2)28(30)33-3)36(31,32)29-15-16-35-23-13-11-22(12-14-23)34-27-10-6-8-21-7-4-5-9-25(21)27/h4-14,17-18,29H,15-16H2,1-3H3. The summed E-state index contributed by atoms with van der Waals surface area (Å²) < 4.78 is 39.1. The number of carbonyl (C=O) groups excluding carboxylic acids is 1. The van der Waals surface area contributed by atoms with Gasteiger partial charge >= 0.3 is 5.97 Å². The van der Waals surface area contributed by atoms with Crippen LogP contribution in [0.25, 0.3) is 10.8 Å². The number of benzene rings is 4. The zero-order valence-electron chi connectivity index (χ0n) is 20.3. The predicted molar refractivity (Wildman–Crippen MR) is 144 cm³/mol. The number of hydrogen-bond donors (Lipinski definition) is 1. The molecule has 0 aliphatic carbocycles. The summed E-state index contributed by atoms with van der Waals surface area (Å²) in [5.74, 6) is 1.51. The lowest BCUT2D eigenvalue weighted by Gasteiger charge is -2.12. The third kappa shape index (κ3) is 5.90. The quantitative estimate of drug-likeness (QED) is 0.163. The van der Waals surface area contributed by atoms with E-state index in [4.69, 9.17) is 9.47 Å². The van der Waals surface area contributed by atoms with Crippen LogP contribution in [0.3, 0.4) is 0 Å². The first-order chi connectivity index (χ1) is 17.3. The number of sulfonamides is 1. The van der Waals surface area contributed by atoms with Crippen molar-refractivity contribution in [2.75, 3.05) is 19.4 Å². The van der Waals surface area contributed by atoms with Gasteiger partial charge in [-0.1, -0.05) is 36.4 Å². The normalized spacial score (nSPS) is 11.4. The van der Waals surface area contributed by atoms with Crippen molar-refractivity contribution >= 4 is 38.5 Å². The van der Waals surface area contributed by atoms with Crippen LogP contribution in [0.5, 0.6) is 11.5 Å². The van der Waals surface area contributed by atoms with E-state index in [1.807, 2.05) is 66.7 Å². The number of nitrogens with one attached hydrogen (secondary N) is 1. The highest BCUT2D eigenvalue weighted by Gasteiger charge is 2.20. The van der Waals surface area contributed by atoms with Crippen molar-refractivity contribution in [2.24, 2.45) is 0 Å². The minimum atomic E-state index is -3.77. The number of esters is 1. The van der Waals surface area contributed by atoms with E-state index in [0.29, 0.717) is 16.9 Å². The van der Waals surface area contributed by atoms with Gasteiger partial charge < -0.3 is 9.47 Å². The zero-order chi connectivity index (χ0) is 25.7. The second kappa shape index (κ2) is 11.2. The summed E-state index contributed by atoms with van der Waals surface area (Å²) in [6.07, 6.45) is 0. The number of rotatable bonds is 9. The van der Waals surface area contributed by atoms with E-state index < -0.39 is 16.0 Å². The van der Waals surface area contributed by atoms with Gasteiger partial charge in [-0.15, -0.1) is 11.8 Å². The largest absolute Gasteiger partial charge is 0.465 e. The summed E-state index contributed by atoms with van der Waals surface area (Å²) in [4.78, 5) is 13.1. The monoisotopic (exact) mass is 521 g/mol. The number of aryl methyl sites for hydroxylation is 1. The lowest BCUT2D eigenvalue weighted by molar-refractivity contribution is 0.0599. The molecule has 0 amide bonds. The van der Waals surface area contributed by atoms with Crippen molar-refractivity contribution < 1.29 is 22.7 Å². The molecule has 0 aromatic heterocycles. The molecule has 4 rings (SSSR count).